The molecular formula is C22H22N2O4S. The third-order valence-corrected chi connectivity index (χ3v) is 5.43. The number of hydrogen-bond donors (Lipinski definition) is 1. The van der Waals surface area contributed by atoms with Crippen LogP contribution in [0.25, 0.3) is 6.08 Å². The highest BCUT2D eigenvalue weighted by molar-refractivity contribution is 8.18. The minimum Gasteiger partial charge on any atom is -0.465 e. The van der Waals surface area contributed by atoms with Gasteiger partial charge in [-0.3, -0.25) is 14.5 Å². The molecule has 1 heterocycles. The van der Waals surface area contributed by atoms with E-state index in [-0.39, 0.29) is 17.8 Å². The van der Waals surface area contributed by atoms with E-state index in [4.69, 9.17) is 0 Å². The number of ether oxygens (including phenoxy) is 1. The second-order valence-electron chi connectivity index (χ2n) is 6.83. The van der Waals surface area contributed by atoms with E-state index in [1.807, 2.05) is 24.3 Å². The van der Waals surface area contributed by atoms with E-state index < -0.39 is 5.97 Å². The Labute approximate surface area is 173 Å². The molecule has 1 aliphatic rings. The summed E-state index contributed by atoms with van der Waals surface area (Å²) in [7, 11) is 1.32. The highest BCUT2D eigenvalue weighted by Gasteiger charge is 2.34. The van der Waals surface area contributed by atoms with E-state index in [1.165, 1.54) is 12.7 Å². The third kappa shape index (κ3) is 4.86. The first kappa shape index (κ1) is 20.7. The summed E-state index contributed by atoms with van der Waals surface area (Å²) in [6, 6.07) is 14.6. The van der Waals surface area contributed by atoms with Crippen LogP contribution in [0, 0.1) is 0 Å². The first-order chi connectivity index (χ1) is 13.9. The average molecular weight is 410 g/mol. The summed E-state index contributed by atoms with van der Waals surface area (Å²) < 4.78 is 4.66. The normalized spacial score (nSPS) is 15.3. The molecule has 1 saturated heterocycles. The smallest absolute Gasteiger partial charge is 0.337 e. The van der Waals surface area contributed by atoms with Crippen LogP contribution >= 0.6 is 11.8 Å². The highest BCUT2D eigenvalue weighted by atomic mass is 32.2. The van der Waals surface area contributed by atoms with Crippen LogP contribution in [0.4, 0.5) is 10.5 Å². The van der Waals surface area contributed by atoms with Crippen LogP contribution < -0.4 is 5.32 Å². The maximum absolute atomic E-state index is 12.6. The first-order valence-corrected chi connectivity index (χ1v) is 9.98. The number of methoxy groups -OCH3 is 1. The van der Waals surface area contributed by atoms with Crippen molar-refractivity contribution in [3.8, 4) is 0 Å². The van der Waals surface area contributed by atoms with Gasteiger partial charge in [0, 0.05) is 5.69 Å². The second kappa shape index (κ2) is 8.96. The number of nitrogens with one attached hydrogen (secondary N) is 1. The number of benzene rings is 2. The molecule has 7 heteroatoms. The van der Waals surface area contributed by atoms with Crippen LogP contribution in [-0.2, 0) is 9.53 Å². The molecule has 1 N–H and O–H groups in total. The number of amides is 2. The number of hydrogen-bond acceptors (Lipinski definition) is 6. The lowest BCUT2D eigenvalue weighted by Gasteiger charge is -2.14. The molecule has 0 atom stereocenters. The predicted molar refractivity (Wildman–Crippen MR) is 115 cm³/mol. The molecule has 2 amide bonds. The van der Waals surface area contributed by atoms with Crippen molar-refractivity contribution in [3.63, 3.8) is 0 Å². The lowest BCUT2D eigenvalue weighted by Crippen LogP contribution is -2.33. The van der Waals surface area contributed by atoms with E-state index >= 15 is 0 Å². The molecule has 0 saturated carbocycles. The molecular weight excluding hydrogens is 388 g/mol. The fourth-order valence-corrected chi connectivity index (χ4v) is 3.62. The Bertz CT molecular complexity index is 950. The fraction of sp³-hybridized carbons (Fsp3) is 0.227. The Balaban J connectivity index is 1.65. The van der Waals surface area contributed by atoms with Gasteiger partial charge in [-0.1, -0.05) is 38.1 Å². The van der Waals surface area contributed by atoms with Crippen molar-refractivity contribution in [2.45, 2.75) is 19.8 Å². The SMILES string of the molecule is COC(=O)c1ccc(NCN2C(=O)S/C(=C/c3ccc(C(C)C)cc3)C2=O)cc1. The molecule has 6 nitrogen and oxygen atoms in total. The molecule has 0 unspecified atom stereocenters. The van der Waals surface area contributed by atoms with E-state index in [0.29, 0.717) is 22.1 Å². The van der Waals surface area contributed by atoms with E-state index in [0.717, 1.165) is 22.2 Å². The minimum absolute atomic E-state index is 0.0475. The van der Waals surface area contributed by atoms with Gasteiger partial charge in [0.2, 0.25) is 0 Å². The number of carbonyl (C=O) groups is 3. The van der Waals surface area contributed by atoms with Gasteiger partial charge in [-0.15, -0.1) is 0 Å². The molecule has 29 heavy (non-hydrogen) atoms. The van der Waals surface area contributed by atoms with Gasteiger partial charge >= 0.3 is 5.97 Å². The Morgan fingerprint density at radius 2 is 1.76 bits per heavy atom. The van der Waals surface area contributed by atoms with Crippen LogP contribution in [0.5, 0.6) is 0 Å². The number of rotatable bonds is 6. The van der Waals surface area contributed by atoms with Crippen LogP contribution in [-0.4, -0.2) is 35.8 Å². The summed E-state index contributed by atoms with van der Waals surface area (Å²) in [5, 5.41) is 2.71. The van der Waals surface area contributed by atoms with Gasteiger partial charge in [0.15, 0.2) is 0 Å². The van der Waals surface area contributed by atoms with Crippen molar-refractivity contribution in [1.82, 2.24) is 4.90 Å². The number of imide groups is 1. The molecule has 0 aliphatic carbocycles. The third-order valence-electron chi connectivity index (χ3n) is 4.52. The summed E-state index contributed by atoms with van der Waals surface area (Å²) >= 11 is 0.929. The zero-order valence-corrected chi connectivity index (χ0v) is 17.3. The number of esters is 1. The topological polar surface area (TPSA) is 75.7 Å². The standard InChI is InChI=1S/C22H22N2O4S/c1-14(2)16-6-4-15(5-7-16)12-19-20(25)24(22(27)29-19)13-23-18-10-8-17(9-11-18)21(26)28-3/h4-12,14,23H,13H2,1-3H3/b19-12+. The monoisotopic (exact) mass is 410 g/mol. The number of thioether (sulfide) groups is 1. The van der Waals surface area contributed by atoms with E-state index in [2.05, 4.69) is 23.9 Å². The van der Waals surface area contributed by atoms with Crippen molar-refractivity contribution in [2.75, 3.05) is 19.1 Å². The van der Waals surface area contributed by atoms with Crippen molar-refractivity contribution in [1.29, 1.82) is 0 Å². The maximum Gasteiger partial charge on any atom is 0.337 e. The maximum atomic E-state index is 12.6. The molecule has 0 bridgehead atoms. The molecule has 3 rings (SSSR count). The van der Waals surface area contributed by atoms with Crippen molar-refractivity contribution < 1.29 is 19.1 Å². The highest BCUT2D eigenvalue weighted by Crippen LogP contribution is 2.32. The number of anilines is 1. The van der Waals surface area contributed by atoms with Crippen LogP contribution in [0.15, 0.2) is 53.4 Å². The van der Waals surface area contributed by atoms with Gasteiger partial charge in [0.25, 0.3) is 11.1 Å². The van der Waals surface area contributed by atoms with Gasteiger partial charge in [-0.2, -0.15) is 0 Å². The quantitative estimate of drug-likeness (QED) is 0.549. The van der Waals surface area contributed by atoms with Crippen LogP contribution in [0.2, 0.25) is 0 Å². The summed E-state index contributed by atoms with van der Waals surface area (Å²) in [5.41, 5.74) is 3.21. The average Bonchev–Trinajstić information content (AvgIpc) is 2.99. The molecule has 0 radical (unpaired) electrons. The van der Waals surface area contributed by atoms with Crippen molar-refractivity contribution >= 4 is 40.6 Å². The largest absolute Gasteiger partial charge is 0.465 e. The number of nitrogens with zero attached hydrogens (tertiary/aromatic N) is 1. The summed E-state index contributed by atoms with van der Waals surface area (Å²) in [6.45, 7) is 4.29. The van der Waals surface area contributed by atoms with Crippen LogP contribution in [0.3, 0.4) is 0 Å². The molecule has 0 aromatic heterocycles. The first-order valence-electron chi connectivity index (χ1n) is 9.16. The summed E-state index contributed by atoms with van der Waals surface area (Å²) in [6.07, 6.45) is 1.74. The Kier molecular flexibility index (Phi) is 6.39. The predicted octanol–water partition coefficient (Wildman–Crippen LogP) is 4.70. The van der Waals surface area contributed by atoms with Crippen LogP contribution in [0.1, 0.15) is 41.3 Å². The Morgan fingerprint density at radius 3 is 2.34 bits per heavy atom. The zero-order valence-electron chi connectivity index (χ0n) is 16.5. The van der Waals surface area contributed by atoms with E-state index in [9.17, 15) is 14.4 Å². The second-order valence-corrected chi connectivity index (χ2v) is 7.83. The van der Waals surface area contributed by atoms with Gasteiger partial charge in [-0.05, 0) is 59.1 Å². The Hall–Kier alpha value is -3.06. The lowest BCUT2D eigenvalue weighted by atomic mass is 10.0. The molecule has 0 spiro atoms. The molecule has 1 fully saturated rings. The fourth-order valence-electron chi connectivity index (χ4n) is 2.78. The van der Waals surface area contributed by atoms with Gasteiger partial charge < -0.3 is 10.1 Å². The van der Waals surface area contributed by atoms with E-state index in [1.54, 1.807) is 30.3 Å². The molecule has 2 aromatic rings. The van der Waals surface area contributed by atoms with Crippen molar-refractivity contribution in [2.24, 2.45) is 0 Å². The van der Waals surface area contributed by atoms with Gasteiger partial charge in [0.1, 0.15) is 0 Å². The van der Waals surface area contributed by atoms with Crippen molar-refractivity contribution in [3.05, 3.63) is 70.1 Å². The van der Waals surface area contributed by atoms with Gasteiger partial charge in [0.05, 0.1) is 24.2 Å². The summed E-state index contributed by atoms with van der Waals surface area (Å²) in [4.78, 5) is 37.9. The molecule has 150 valence electrons. The van der Waals surface area contributed by atoms with Gasteiger partial charge in [-0.25, -0.2) is 4.79 Å². The summed E-state index contributed by atoms with van der Waals surface area (Å²) in [5.74, 6) is -0.315. The minimum atomic E-state index is -0.422. The Morgan fingerprint density at radius 1 is 1.10 bits per heavy atom. The lowest BCUT2D eigenvalue weighted by molar-refractivity contribution is -0.122. The molecule has 2 aromatic carbocycles. The zero-order chi connectivity index (χ0) is 21.0. The number of carbonyl (C=O) groups excluding carboxylic acids is 3. The molecule has 1 aliphatic heterocycles.